The molecule has 2 N–H and O–H groups in total. The molecule has 0 aliphatic heterocycles. The second kappa shape index (κ2) is 4.67. The summed E-state index contributed by atoms with van der Waals surface area (Å²) in [5.74, 6) is 0. The molecular formula is C18H22BNO2. The summed E-state index contributed by atoms with van der Waals surface area (Å²) in [7, 11) is -1.56. The van der Waals surface area contributed by atoms with Gasteiger partial charge in [-0.2, -0.15) is 0 Å². The fourth-order valence-corrected chi connectivity index (χ4v) is 3.37. The Kier molecular flexibility index (Phi) is 3.24. The van der Waals surface area contributed by atoms with Crippen LogP contribution in [0.5, 0.6) is 0 Å². The van der Waals surface area contributed by atoms with Gasteiger partial charge in [0.2, 0.25) is 0 Å². The first-order valence-electron chi connectivity index (χ1n) is 7.65. The maximum atomic E-state index is 9.66. The molecule has 1 aromatic heterocycles. The fraction of sp³-hybridized carbons (Fsp3) is 0.389. The number of fused-ring (bicyclic) bond motifs is 3. The maximum Gasteiger partial charge on any atom is 0.508 e. The van der Waals surface area contributed by atoms with Crippen LogP contribution in [0.2, 0.25) is 0 Å². The Hall–Kier alpha value is -1.65. The number of hydrogen-bond acceptors (Lipinski definition) is 3. The molecule has 0 fully saturated rings. The van der Waals surface area contributed by atoms with Crippen LogP contribution in [0.1, 0.15) is 51.3 Å². The molecule has 0 saturated heterocycles. The summed E-state index contributed by atoms with van der Waals surface area (Å²) in [6.07, 6.45) is 1.66. The second-order valence-electron chi connectivity index (χ2n) is 7.63. The van der Waals surface area contributed by atoms with Crippen LogP contribution in [0.4, 0.5) is 0 Å². The SMILES string of the molecule is CC(C)(C)c1ccc2c(c1)C(C)(C)c1ccnc(B(O)O)c1-2. The highest BCUT2D eigenvalue weighted by atomic mass is 16.4. The first-order valence-corrected chi connectivity index (χ1v) is 7.65. The van der Waals surface area contributed by atoms with E-state index in [4.69, 9.17) is 0 Å². The van der Waals surface area contributed by atoms with Crippen molar-refractivity contribution in [2.75, 3.05) is 0 Å². The minimum absolute atomic E-state index is 0.0808. The van der Waals surface area contributed by atoms with Crippen LogP contribution >= 0.6 is 0 Å². The summed E-state index contributed by atoms with van der Waals surface area (Å²) in [4.78, 5) is 4.19. The number of benzene rings is 1. The molecule has 0 spiro atoms. The lowest BCUT2D eigenvalue weighted by Gasteiger charge is -2.25. The Bertz CT molecular complexity index is 745. The monoisotopic (exact) mass is 295 g/mol. The van der Waals surface area contributed by atoms with Crippen molar-refractivity contribution in [1.82, 2.24) is 4.98 Å². The lowest BCUT2D eigenvalue weighted by molar-refractivity contribution is 0.424. The van der Waals surface area contributed by atoms with Crippen LogP contribution < -0.4 is 5.59 Å². The molecule has 0 radical (unpaired) electrons. The van der Waals surface area contributed by atoms with Gasteiger partial charge >= 0.3 is 7.12 Å². The van der Waals surface area contributed by atoms with E-state index in [1.807, 2.05) is 6.07 Å². The summed E-state index contributed by atoms with van der Waals surface area (Å²) >= 11 is 0. The molecule has 1 heterocycles. The third-order valence-electron chi connectivity index (χ3n) is 4.73. The van der Waals surface area contributed by atoms with E-state index in [9.17, 15) is 10.0 Å². The predicted octanol–water partition coefficient (Wildman–Crippen LogP) is 2.37. The fourth-order valence-electron chi connectivity index (χ4n) is 3.37. The first-order chi connectivity index (χ1) is 10.1. The molecule has 1 aliphatic rings. The number of rotatable bonds is 1. The molecule has 0 atom stereocenters. The van der Waals surface area contributed by atoms with Crippen molar-refractivity contribution < 1.29 is 10.0 Å². The van der Waals surface area contributed by atoms with Gasteiger partial charge in [-0.3, -0.25) is 4.98 Å². The lowest BCUT2D eigenvalue weighted by atomic mass is 9.78. The molecule has 0 saturated carbocycles. The molecule has 0 amide bonds. The van der Waals surface area contributed by atoms with E-state index >= 15 is 0 Å². The maximum absolute atomic E-state index is 9.66. The van der Waals surface area contributed by atoms with Crippen molar-refractivity contribution in [3.63, 3.8) is 0 Å². The summed E-state index contributed by atoms with van der Waals surface area (Å²) < 4.78 is 0. The lowest BCUT2D eigenvalue weighted by Crippen LogP contribution is -2.35. The minimum Gasteiger partial charge on any atom is -0.422 e. The van der Waals surface area contributed by atoms with Gasteiger partial charge in [0.15, 0.2) is 0 Å². The Morgan fingerprint density at radius 1 is 1.05 bits per heavy atom. The van der Waals surface area contributed by atoms with Gasteiger partial charge in [0, 0.05) is 17.2 Å². The highest BCUT2D eigenvalue weighted by Gasteiger charge is 2.39. The minimum atomic E-state index is -1.56. The van der Waals surface area contributed by atoms with Crippen molar-refractivity contribution in [3.05, 3.63) is 47.2 Å². The molecule has 114 valence electrons. The average molecular weight is 295 g/mol. The molecule has 4 heteroatoms. The van der Waals surface area contributed by atoms with E-state index in [0.29, 0.717) is 5.59 Å². The molecule has 3 rings (SSSR count). The van der Waals surface area contributed by atoms with Crippen LogP contribution in [-0.4, -0.2) is 22.2 Å². The van der Waals surface area contributed by atoms with Gasteiger partial charge in [-0.05, 0) is 33.7 Å². The van der Waals surface area contributed by atoms with Gasteiger partial charge in [0.1, 0.15) is 0 Å². The van der Waals surface area contributed by atoms with Gasteiger partial charge in [0.05, 0.1) is 5.59 Å². The van der Waals surface area contributed by atoms with Crippen LogP contribution in [0.25, 0.3) is 11.1 Å². The van der Waals surface area contributed by atoms with Crippen LogP contribution in [0.3, 0.4) is 0 Å². The van der Waals surface area contributed by atoms with Crippen LogP contribution in [0, 0.1) is 0 Å². The van der Waals surface area contributed by atoms with Crippen LogP contribution in [0.15, 0.2) is 30.5 Å². The second-order valence-corrected chi connectivity index (χ2v) is 7.63. The van der Waals surface area contributed by atoms with E-state index in [0.717, 1.165) is 16.7 Å². The van der Waals surface area contributed by atoms with Crippen molar-refractivity contribution in [2.45, 2.75) is 45.4 Å². The standard InChI is InChI=1S/C18H22BNO2/c1-17(2,3)11-6-7-12-14(10-11)18(4,5)13-8-9-20-16(15(12)13)19(21)22/h6-10,21-22H,1-5H3. The van der Waals surface area contributed by atoms with E-state index < -0.39 is 7.12 Å². The molecule has 0 unspecified atom stereocenters. The number of hydrogen-bond donors (Lipinski definition) is 2. The summed E-state index contributed by atoms with van der Waals surface area (Å²) in [5, 5.41) is 19.3. The van der Waals surface area contributed by atoms with Gasteiger partial charge in [-0.25, -0.2) is 0 Å². The molecule has 1 aromatic carbocycles. The molecular weight excluding hydrogens is 273 g/mol. The van der Waals surface area contributed by atoms with E-state index in [1.165, 1.54) is 11.1 Å². The predicted molar refractivity (Wildman–Crippen MR) is 90.3 cm³/mol. The van der Waals surface area contributed by atoms with E-state index in [1.54, 1.807) is 6.20 Å². The number of pyridine rings is 1. The highest BCUT2D eigenvalue weighted by molar-refractivity contribution is 6.59. The van der Waals surface area contributed by atoms with E-state index in [-0.39, 0.29) is 10.8 Å². The van der Waals surface area contributed by atoms with Gasteiger partial charge in [-0.15, -0.1) is 0 Å². The largest absolute Gasteiger partial charge is 0.508 e. The topological polar surface area (TPSA) is 53.4 Å². The normalized spacial score (nSPS) is 15.4. The number of nitrogens with zero attached hydrogens (tertiary/aromatic N) is 1. The zero-order chi connectivity index (χ0) is 16.3. The molecule has 1 aliphatic carbocycles. The summed E-state index contributed by atoms with van der Waals surface area (Å²) in [6, 6.07) is 8.46. The Morgan fingerprint density at radius 3 is 2.32 bits per heavy atom. The third kappa shape index (κ3) is 2.10. The molecule has 3 nitrogen and oxygen atoms in total. The Balaban J connectivity index is 2.31. The van der Waals surface area contributed by atoms with Crippen molar-refractivity contribution in [3.8, 4) is 11.1 Å². The smallest absolute Gasteiger partial charge is 0.422 e. The van der Waals surface area contributed by atoms with Crippen LogP contribution in [-0.2, 0) is 10.8 Å². The van der Waals surface area contributed by atoms with Gasteiger partial charge in [0.25, 0.3) is 0 Å². The Morgan fingerprint density at radius 2 is 1.73 bits per heavy atom. The third-order valence-corrected chi connectivity index (χ3v) is 4.73. The zero-order valence-corrected chi connectivity index (χ0v) is 13.8. The van der Waals surface area contributed by atoms with Crippen molar-refractivity contribution in [1.29, 1.82) is 0 Å². The summed E-state index contributed by atoms with van der Waals surface area (Å²) in [5.41, 5.74) is 5.80. The zero-order valence-electron chi connectivity index (χ0n) is 13.8. The molecule has 0 bridgehead atoms. The molecule has 22 heavy (non-hydrogen) atoms. The van der Waals surface area contributed by atoms with Gasteiger partial charge in [-0.1, -0.05) is 52.8 Å². The van der Waals surface area contributed by atoms with E-state index in [2.05, 4.69) is 57.8 Å². The number of aromatic nitrogens is 1. The van der Waals surface area contributed by atoms with Gasteiger partial charge < -0.3 is 10.0 Å². The van der Waals surface area contributed by atoms with Crippen molar-refractivity contribution >= 4 is 12.7 Å². The highest BCUT2D eigenvalue weighted by Crippen LogP contribution is 2.48. The molecule has 2 aromatic rings. The Labute approximate surface area is 132 Å². The quantitative estimate of drug-likeness (QED) is 0.794. The summed E-state index contributed by atoms with van der Waals surface area (Å²) in [6.45, 7) is 11.0. The first kappa shape index (κ1) is 15.3. The van der Waals surface area contributed by atoms with Crippen molar-refractivity contribution in [2.24, 2.45) is 0 Å². The average Bonchev–Trinajstić information content (AvgIpc) is 2.66.